The van der Waals surface area contributed by atoms with Gasteiger partial charge in [0.15, 0.2) is 0 Å². The fourth-order valence-electron chi connectivity index (χ4n) is 3.25. The summed E-state index contributed by atoms with van der Waals surface area (Å²) >= 11 is 0. The third-order valence-electron chi connectivity index (χ3n) is 4.73. The molecule has 1 aliphatic carbocycles. The van der Waals surface area contributed by atoms with Gasteiger partial charge in [-0.1, -0.05) is 0 Å². The van der Waals surface area contributed by atoms with Gasteiger partial charge in [0.1, 0.15) is 0 Å². The highest BCUT2D eigenvalue weighted by Gasteiger charge is 2.37. The lowest BCUT2D eigenvalue weighted by atomic mass is 10.0. The van der Waals surface area contributed by atoms with Crippen LogP contribution in [0.3, 0.4) is 0 Å². The van der Waals surface area contributed by atoms with Crippen molar-refractivity contribution in [3.63, 3.8) is 0 Å². The molecule has 2 aliphatic rings. The molecule has 0 radical (unpaired) electrons. The van der Waals surface area contributed by atoms with E-state index in [0.717, 1.165) is 37.9 Å². The van der Waals surface area contributed by atoms with E-state index in [0.29, 0.717) is 6.04 Å². The minimum Gasteiger partial charge on any atom is -0.376 e. The molecule has 0 spiro atoms. The number of ether oxygens (including phenoxy) is 1. The van der Waals surface area contributed by atoms with Crippen molar-refractivity contribution in [1.82, 2.24) is 15.0 Å². The van der Waals surface area contributed by atoms with Gasteiger partial charge in [-0.3, -0.25) is 4.98 Å². The third kappa shape index (κ3) is 3.50. The van der Waals surface area contributed by atoms with Crippen molar-refractivity contribution in [1.29, 1.82) is 0 Å². The van der Waals surface area contributed by atoms with Crippen LogP contribution < -0.4 is 4.90 Å². The van der Waals surface area contributed by atoms with Gasteiger partial charge in [0.25, 0.3) is 0 Å². The zero-order valence-corrected chi connectivity index (χ0v) is 13.2. The quantitative estimate of drug-likeness (QED) is 0.820. The average Bonchev–Trinajstić information content (AvgIpc) is 3.36. The molecule has 1 saturated carbocycles. The van der Waals surface area contributed by atoms with Crippen molar-refractivity contribution >= 4 is 5.95 Å². The molecule has 5 heteroatoms. The van der Waals surface area contributed by atoms with Crippen molar-refractivity contribution in [2.45, 2.75) is 37.8 Å². The van der Waals surface area contributed by atoms with Crippen molar-refractivity contribution < 1.29 is 4.74 Å². The molecule has 2 atom stereocenters. The highest BCUT2D eigenvalue weighted by atomic mass is 16.5. The Balaban J connectivity index is 1.52. The van der Waals surface area contributed by atoms with Crippen LogP contribution in [0.1, 0.15) is 24.8 Å². The number of aromatic nitrogens is 3. The number of nitrogens with zero attached hydrogens (tertiary/aromatic N) is 4. The van der Waals surface area contributed by atoms with Gasteiger partial charge < -0.3 is 9.64 Å². The fourth-order valence-corrected chi connectivity index (χ4v) is 3.25. The minimum atomic E-state index is 0.257. The molecule has 1 aliphatic heterocycles. The van der Waals surface area contributed by atoms with Crippen LogP contribution in [-0.2, 0) is 11.2 Å². The molecular weight excluding hydrogens is 288 g/mol. The zero-order chi connectivity index (χ0) is 15.5. The second kappa shape index (κ2) is 6.62. The smallest absolute Gasteiger partial charge is 0.225 e. The van der Waals surface area contributed by atoms with Gasteiger partial charge >= 0.3 is 0 Å². The number of pyridine rings is 1. The molecule has 1 saturated heterocycles. The van der Waals surface area contributed by atoms with E-state index in [9.17, 15) is 0 Å². The molecular formula is C18H22N4O. The summed E-state index contributed by atoms with van der Waals surface area (Å²) in [7, 11) is 0. The standard InChI is InChI=1S/C18H22N4O/c1-7-20-18(21-8-1)22-11-6-17(23-13-15-2-3-15)16(22)12-14-4-9-19-10-5-14/h1,4-5,7-10,15-17H,2-3,6,11-13H2/t16-,17+/m1/s1. The summed E-state index contributed by atoms with van der Waals surface area (Å²) in [5.41, 5.74) is 1.29. The monoisotopic (exact) mass is 310 g/mol. The zero-order valence-electron chi connectivity index (χ0n) is 13.2. The van der Waals surface area contributed by atoms with Crippen LogP contribution in [0.15, 0.2) is 43.0 Å². The van der Waals surface area contributed by atoms with Gasteiger partial charge in [-0.05, 0) is 55.4 Å². The summed E-state index contributed by atoms with van der Waals surface area (Å²) in [6.07, 6.45) is 12.2. The number of rotatable bonds is 6. The van der Waals surface area contributed by atoms with Gasteiger partial charge in [0, 0.05) is 37.9 Å². The Labute approximate surface area is 136 Å². The predicted octanol–water partition coefficient (Wildman–Crippen LogP) is 2.49. The SMILES string of the molecule is c1cnc(N2CC[C@H](OCC3CC3)[C@H]2Cc2ccncc2)nc1. The molecule has 4 rings (SSSR count). The molecule has 0 bridgehead atoms. The highest BCUT2D eigenvalue weighted by molar-refractivity contribution is 5.35. The molecule has 0 amide bonds. The highest BCUT2D eigenvalue weighted by Crippen LogP contribution is 2.32. The summed E-state index contributed by atoms with van der Waals surface area (Å²) in [6.45, 7) is 1.86. The largest absolute Gasteiger partial charge is 0.376 e. The molecule has 3 heterocycles. The molecule has 2 aromatic heterocycles. The molecule has 0 unspecified atom stereocenters. The Morgan fingerprint density at radius 2 is 1.83 bits per heavy atom. The first-order valence-electron chi connectivity index (χ1n) is 8.44. The molecule has 2 fully saturated rings. The van der Waals surface area contributed by atoms with Crippen molar-refractivity contribution in [2.24, 2.45) is 5.92 Å². The van der Waals surface area contributed by atoms with E-state index >= 15 is 0 Å². The van der Waals surface area contributed by atoms with E-state index in [1.807, 2.05) is 30.9 Å². The molecule has 23 heavy (non-hydrogen) atoms. The van der Waals surface area contributed by atoms with Gasteiger partial charge in [-0.15, -0.1) is 0 Å². The van der Waals surface area contributed by atoms with E-state index in [2.05, 4.69) is 32.0 Å². The molecule has 120 valence electrons. The van der Waals surface area contributed by atoms with Crippen molar-refractivity contribution in [3.05, 3.63) is 48.5 Å². The maximum atomic E-state index is 6.25. The Morgan fingerprint density at radius 3 is 2.57 bits per heavy atom. The van der Waals surface area contributed by atoms with Crippen LogP contribution in [0.25, 0.3) is 0 Å². The summed E-state index contributed by atoms with van der Waals surface area (Å²) in [5, 5.41) is 0. The molecule has 5 nitrogen and oxygen atoms in total. The lowest BCUT2D eigenvalue weighted by molar-refractivity contribution is 0.0406. The maximum Gasteiger partial charge on any atom is 0.225 e. The van der Waals surface area contributed by atoms with Gasteiger partial charge in [0.05, 0.1) is 12.1 Å². The maximum absolute atomic E-state index is 6.25. The van der Waals surface area contributed by atoms with Crippen LogP contribution in [0.5, 0.6) is 0 Å². The first-order valence-corrected chi connectivity index (χ1v) is 8.44. The number of hydrogen-bond donors (Lipinski definition) is 0. The van der Waals surface area contributed by atoms with Crippen LogP contribution in [0.4, 0.5) is 5.95 Å². The second-order valence-electron chi connectivity index (χ2n) is 6.47. The predicted molar refractivity (Wildman–Crippen MR) is 88.2 cm³/mol. The van der Waals surface area contributed by atoms with E-state index in [4.69, 9.17) is 4.74 Å². The van der Waals surface area contributed by atoms with E-state index in [1.54, 1.807) is 0 Å². The average molecular weight is 310 g/mol. The van der Waals surface area contributed by atoms with E-state index < -0.39 is 0 Å². The van der Waals surface area contributed by atoms with Crippen LogP contribution in [-0.4, -0.2) is 40.2 Å². The summed E-state index contributed by atoms with van der Waals surface area (Å²) in [5.74, 6) is 1.60. The Hall–Kier alpha value is -2.01. The van der Waals surface area contributed by atoms with Crippen LogP contribution in [0, 0.1) is 5.92 Å². The second-order valence-corrected chi connectivity index (χ2v) is 6.47. The van der Waals surface area contributed by atoms with Gasteiger partial charge in [-0.25, -0.2) is 9.97 Å². The van der Waals surface area contributed by atoms with Crippen molar-refractivity contribution in [3.8, 4) is 0 Å². The van der Waals surface area contributed by atoms with Gasteiger partial charge in [-0.2, -0.15) is 0 Å². The lowest BCUT2D eigenvalue weighted by Crippen LogP contribution is -2.39. The van der Waals surface area contributed by atoms with E-state index in [1.165, 1.54) is 18.4 Å². The normalized spacial score (nSPS) is 24.1. The summed E-state index contributed by atoms with van der Waals surface area (Å²) in [4.78, 5) is 15.3. The number of hydrogen-bond acceptors (Lipinski definition) is 5. The summed E-state index contributed by atoms with van der Waals surface area (Å²) in [6, 6.07) is 6.32. The Kier molecular flexibility index (Phi) is 4.20. The first kappa shape index (κ1) is 14.6. The topological polar surface area (TPSA) is 51.1 Å². The summed E-state index contributed by atoms with van der Waals surface area (Å²) < 4.78 is 6.25. The number of anilines is 1. The Morgan fingerprint density at radius 1 is 1.04 bits per heavy atom. The van der Waals surface area contributed by atoms with Crippen LogP contribution >= 0.6 is 0 Å². The minimum absolute atomic E-state index is 0.257. The Bertz CT molecular complexity index is 617. The van der Waals surface area contributed by atoms with E-state index in [-0.39, 0.29) is 6.10 Å². The third-order valence-corrected chi connectivity index (χ3v) is 4.73. The van der Waals surface area contributed by atoms with Crippen LogP contribution in [0.2, 0.25) is 0 Å². The van der Waals surface area contributed by atoms with Crippen molar-refractivity contribution in [2.75, 3.05) is 18.1 Å². The van der Waals surface area contributed by atoms with Gasteiger partial charge in [0.2, 0.25) is 5.95 Å². The molecule has 0 aromatic carbocycles. The molecule has 2 aromatic rings. The molecule has 0 N–H and O–H groups in total. The fraction of sp³-hybridized carbons (Fsp3) is 0.500. The first-order chi connectivity index (χ1) is 11.4. The lowest BCUT2D eigenvalue weighted by Gasteiger charge is -2.28.